The zero-order chi connectivity index (χ0) is 47.2. The van der Waals surface area contributed by atoms with E-state index >= 15 is 0 Å². The number of fused-ring (bicyclic) bond motifs is 4. The Balaban J connectivity index is 0.991. The zero-order valence-electron chi connectivity index (χ0n) is 41.5. The van der Waals surface area contributed by atoms with Crippen LogP contribution in [0.2, 0.25) is 0 Å². The normalized spacial score (nSPS) is 34.2. The number of hydrogen-bond donors (Lipinski definition) is 0. The van der Waals surface area contributed by atoms with Crippen molar-refractivity contribution in [3.05, 3.63) is 230 Å². The second kappa shape index (κ2) is 19.2. The quantitative estimate of drug-likeness (QED) is 0.232. The Morgan fingerprint density at radius 1 is 0.471 bits per heavy atom. The summed E-state index contributed by atoms with van der Waals surface area (Å²) in [6.45, 7) is 7.10. The van der Waals surface area contributed by atoms with Gasteiger partial charge in [-0.05, 0) is 98.6 Å². The summed E-state index contributed by atoms with van der Waals surface area (Å²) in [6.07, 6.45) is 75.4. The third kappa shape index (κ3) is 8.29. The Morgan fingerprint density at radius 3 is 1.53 bits per heavy atom. The minimum atomic E-state index is 0.185. The molecule has 0 N–H and O–H groups in total. The molecule has 0 aromatic heterocycles. The number of allylic oxidation sites excluding steroid dienone is 17. The molecule has 0 radical (unpaired) electrons. The molecule has 2 saturated heterocycles. The van der Waals surface area contributed by atoms with Gasteiger partial charge in [-0.15, -0.1) is 0 Å². The monoisotopic (exact) mass is 921 g/mol. The summed E-state index contributed by atoms with van der Waals surface area (Å²) in [7, 11) is 0. The first-order valence-electron chi connectivity index (χ1n) is 26.9. The van der Waals surface area contributed by atoms with E-state index in [0.29, 0.717) is 53.6 Å². The summed E-state index contributed by atoms with van der Waals surface area (Å²) in [5.41, 5.74) is 8.39. The van der Waals surface area contributed by atoms with Gasteiger partial charge in [-0.1, -0.05) is 209 Å². The van der Waals surface area contributed by atoms with Gasteiger partial charge in [0.15, 0.2) is 0 Å². The predicted molar refractivity (Wildman–Crippen MR) is 296 cm³/mol. The maximum Gasteiger partial charge on any atom is 0.0559 e. The van der Waals surface area contributed by atoms with Crippen LogP contribution in [0, 0.1) is 40.9 Å². The molecule has 2 aromatic rings. The molecule has 12 rings (SSSR count). The van der Waals surface area contributed by atoms with E-state index in [9.17, 15) is 0 Å². The molecule has 4 heteroatoms. The molecule has 0 spiro atoms. The first-order valence-corrected chi connectivity index (χ1v) is 26.9. The van der Waals surface area contributed by atoms with Gasteiger partial charge in [0.2, 0.25) is 0 Å². The molecule has 2 heterocycles. The number of rotatable bonds is 9. The van der Waals surface area contributed by atoms with Gasteiger partial charge in [0.1, 0.15) is 0 Å². The average molecular weight is 921 g/mol. The van der Waals surface area contributed by atoms with Crippen LogP contribution in [-0.2, 0) is 0 Å². The van der Waals surface area contributed by atoms with Gasteiger partial charge in [0.25, 0.3) is 0 Å². The van der Waals surface area contributed by atoms with Crippen LogP contribution in [0.3, 0.4) is 0 Å². The third-order valence-corrected chi connectivity index (χ3v) is 17.6. The Labute approximate surface area is 419 Å². The number of anilines is 4. The lowest BCUT2D eigenvalue weighted by Crippen LogP contribution is -2.65. The van der Waals surface area contributed by atoms with Crippen molar-refractivity contribution in [1.82, 2.24) is 4.90 Å². The van der Waals surface area contributed by atoms with E-state index < -0.39 is 0 Å². The van der Waals surface area contributed by atoms with E-state index in [0.717, 1.165) is 44.9 Å². The van der Waals surface area contributed by atoms with Gasteiger partial charge in [-0.25, -0.2) is 0 Å². The number of hydrogen-bond acceptors (Lipinski definition) is 4. The molecule has 2 aliphatic heterocycles. The van der Waals surface area contributed by atoms with Crippen LogP contribution in [0.15, 0.2) is 230 Å². The lowest BCUT2D eigenvalue weighted by Gasteiger charge is -2.62. The number of likely N-dealkylation sites (tertiary alicyclic amines) is 1. The highest BCUT2D eigenvalue weighted by Gasteiger charge is 2.57. The van der Waals surface area contributed by atoms with Crippen molar-refractivity contribution >= 4 is 22.7 Å². The SMILES string of the molecule is CC(C)(C)C1=CC=C(N2C3C=CC=CC3C(C3C4C=CC=CC4N(c4cc(N(c5ccccc5)C5C=CC=CC5)cc(N(C5C=CC=CC5)C5CC=CCC5)c4)C4C=CC=CC34)C3C=CC=CC32)CC1. The van der Waals surface area contributed by atoms with E-state index in [4.69, 9.17) is 0 Å². The van der Waals surface area contributed by atoms with Crippen molar-refractivity contribution in [3.63, 3.8) is 0 Å². The summed E-state index contributed by atoms with van der Waals surface area (Å²) < 4.78 is 0. The van der Waals surface area contributed by atoms with Crippen molar-refractivity contribution in [2.24, 2.45) is 40.9 Å². The lowest BCUT2D eigenvalue weighted by atomic mass is 9.53. The van der Waals surface area contributed by atoms with Gasteiger partial charge in [-0.2, -0.15) is 0 Å². The molecule has 11 atom stereocenters. The fraction of sp³-hybridized carbons (Fsp3) is 0.364. The minimum Gasteiger partial charge on any atom is -0.361 e. The summed E-state index contributed by atoms with van der Waals surface area (Å²) in [6, 6.07) is 20.8. The van der Waals surface area contributed by atoms with E-state index in [1.807, 2.05) is 0 Å². The Hall–Kier alpha value is -6.26. The van der Waals surface area contributed by atoms with Gasteiger partial charge in [-0.3, -0.25) is 0 Å². The fourth-order valence-electron chi connectivity index (χ4n) is 14.5. The van der Waals surface area contributed by atoms with Crippen molar-refractivity contribution in [3.8, 4) is 0 Å². The second-order valence-corrected chi connectivity index (χ2v) is 22.4. The largest absolute Gasteiger partial charge is 0.361 e. The van der Waals surface area contributed by atoms with Crippen LogP contribution in [0.5, 0.6) is 0 Å². The molecule has 8 aliphatic carbocycles. The number of para-hydroxylation sites is 1. The smallest absolute Gasteiger partial charge is 0.0559 e. The molecule has 0 amide bonds. The second-order valence-electron chi connectivity index (χ2n) is 22.4. The molecular formula is C66H72N4. The lowest BCUT2D eigenvalue weighted by molar-refractivity contribution is -0.0155. The van der Waals surface area contributed by atoms with Gasteiger partial charge >= 0.3 is 0 Å². The molecular weight excluding hydrogens is 849 g/mol. The van der Waals surface area contributed by atoms with Crippen LogP contribution < -0.4 is 14.7 Å². The van der Waals surface area contributed by atoms with Crippen LogP contribution >= 0.6 is 0 Å². The van der Waals surface area contributed by atoms with Crippen molar-refractivity contribution < 1.29 is 0 Å². The highest BCUT2D eigenvalue weighted by atomic mass is 15.3. The average Bonchev–Trinajstić information content (AvgIpc) is 3.41. The van der Waals surface area contributed by atoms with Crippen LogP contribution in [0.25, 0.3) is 0 Å². The predicted octanol–water partition coefficient (Wildman–Crippen LogP) is 15.0. The highest BCUT2D eigenvalue weighted by molar-refractivity contribution is 5.77. The van der Waals surface area contributed by atoms with Crippen molar-refractivity contribution in [1.29, 1.82) is 0 Å². The Kier molecular flexibility index (Phi) is 12.3. The van der Waals surface area contributed by atoms with Crippen LogP contribution in [0.4, 0.5) is 22.7 Å². The van der Waals surface area contributed by atoms with Crippen molar-refractivity contribution in [2.45, 2.75) is 108 Å². The molecule has 356 valence electrons. The molecule has 10 aliphatic rings. The molecule has 2 fully saturated rings. The summed E-state index contributed by atoms with van der Waals surface area (Å²) in [4.78, 5) is 11.2. The summed E-state index contributed by atoms with van der Waals surface area (Å²) in [5, 5.41) is 0. The summed E-state index contributed by atoms with van der Waals surface area (Å²) in [5.74, 6) is 2.27. The maximum atomic E-state index is 2.87. The molecule has 0 bridgehead atoms. The highest BCUT2D eigenvalue weighted by Crippen LogP contribution is 2.57. The van der Waals surface area contributed by atoms with Crippen LogP contribution in [0.1, 0.15) is 65.7 Å². The Bertz CT molecular complexity index is 2680. The number of benzene rings is 2. The fourth-order valence-corrected chi connectivity index (χ4v) is 14.5. The first-order chi connectivity index (χ1) is 34.4. The standard InChI is InChI=1S/C66H72N4/c1-66(2,3)47-40-42-52(43-41-47)69-60-36-20-16-32-56(60)64(57-33-17-21-37-61(57)69)65-58-34-18-22-38-62(58)70(63-39-23-19-35-59(63)65)55-45-53(67(48-24-8-4-9-25-48)49-26-10-5-11-27-49)44-54(46-55)68(50-28-12-6-13-29-50)51-30-14-7-15-31-51/h4-14,16-26,28,32-40,42,44-46,49-51,56-65H,15,27,29-31,41,43H2,1-3H3. The molecule has 11 unspecified atom stereocenters. The number of nitrogens with zero attached hydrogens (tertiary/aromatic N) is 4. The summed E-state index contributed by atoms with van der Waals surface area (Å²) >= 11 is 0. The van der Waals surface area contributed by atoms with Gasteiger partial charge in [0, 0.05) is 58.2 Å². The zero-order valence-corrected chi connectivity index (χ0v) is 41.5. The van der Waals surface area contributed by atoms with E-state index in [1.165, 1.54) is 28.4 Å². The molecule has 0 saturated carbocycles. The van der Waals surface area contributed by atoms with Crippen LogP contribution in [-0.4, -0.2) is 47.2 Å². The third-order valence-electron chi connectivity index (χ3n) is 17.6. The maximum absolute atomic E-state index is 2.87. The molecule has 4 nitrogen and oxygen atoms in total. The molecule has 70 heavy (non-hydrogen) atoms. The first kappa shape index (κ1) is 44.9. The van der Waals surface area contributed by atoms with Gasteiger partial charge in [0.05, 0.1) is 36.3 Å². The topological polar surface area (TPSA) is 13.0 Å². The van der Waals surface area contributed by atoms with E-state index in [2.05, 4.69) is 259 Å². The van der Waals surface area contributed by atoms with Crippen molar-refractivity contribution in [2.75, 3.05) is 14.7 Å². The van der Waals surface area contributed by atoms with E-state index in [1.54, 1.807) is 5.57 Å². The van der Waals surface area contributed by atoms with E-state index in [-0.39, 0.29) is 29.6 Å². The van der Waals surface area contributed by atoms with Gasteiger partial charge < -0.3 is 19.6 Å². The minimum absolute atomic E-state index is 0.185. The number of piperidine rings is 2. The molecule has 2 aromatic carbocycles. The Morgan fingerprint density at radius 2 is 1.01 bits per heavy atom.